The van der Waals surface area contributed by atoms with Crippen LogP contribution in [0.15, 0.2) is 58.1 Å². The van der Waals surface area contributed by atoms with Crippen molar-refractivity contribution in [2.45, 2.75) is 6.92 Å². The van der Waals surface area contributed by atoms with Crippen molar-refractivity contribution in [1.29, 1.82) is 0 Å². The second-order valence-electron chi connectivity index (χ2n) is 5.99. The van der Waals surface area contributed by atoms with Crippen LogP contribution in [-0.2, 0) is 4.79 Å². The summed E-state index contributed by atoms with van der Waals surface area (Å²) in [6, 6.07) is 13.1. The fourth-order valence-corrected chi connectivity index (χ4v) is 2.94. The van der Waals surface area contributed by atoms with Crippen LogP contribution in [0.1, 0.15) is 15.9 Å². The minimum absolute atomic E-state index is 0.0389. The van der Waals surface area contributed by atoms with Gasteiger partial charge < -0.3 is 0 Å². The molecule has 0 aliphatic rings. The number of amides is 2. The van der Waals surface area contributed by atoms with Crippen LogP contribution in [0.5, 0.6) is 0 Å². The van der Waals surface area contributed by atoms with Gasteiger partial charge >= 0.3 is 5.69 Å². The van der Waals surface area contributed by atoms with Gasteiger partial charge in [0.2, 0.25) is 6.41 Å². The molecule has 1 heterocycles. The van der Waals surface area contributed by atoms with Crippen LogP contribution in [0, 0.1) is 6.92 Å². The highest BCUT2D eigenvalue weighted by atomic mass is 16.2. The Morgan fingerprint density at radius 3 is 2.50 bits per heavy atom. The minimum Gasteiger partial charge on any atom is -0.293 e. The van der Waals surface area contributed by atoms with Gasteiger partial charge in [-0.25, -0.2) is 10.6 Å². The van der Waals surface area contributed by atoms with E-state index in [1.807, 2.05) is 30.1 Å². The maximum Gasteiger partial charge on any atom is 0.327 e. The van der Waals surface area contributed by atoms with Crippen LogP contribution >= 0.6 is 0 Å². The minimum atomic E-state index is -0.762. The highest BCUT2D eigenvalue weighted by Gasteiger charge is 2.21. The summed E-state index contributed by atoms with van der Waals surface area (Å²) in [6.07, 6.45) is 0.448. The highest BCUT2D eigenvalue weighted by molar-refractivity contribution is 6.06. The SMILES string of the molecule is Cc1cccc(-c2c(C(=O)NN)cccc2N(C=O)c2cc(=O)[nH]c(=O)[nH]2)c1. The summed E-state index contributed by atoms with van der Waals surface area (Å²) in [5.41, 5.74) is 3.20. The summed E-state index contributed by atoms with van der Waals surface area (Å²) in [5, 5.41) is 0. The van der Waals surface area contributed by atoms with E-state index in [1.54, 1.807) is 24.3 Å². The van der Waals surface area contributed by atoms with Crippen molar-refractivity contribution in [2.24, 2.45) is 5.84 Å². The number of benzene rings is 2. The standard InChI is InChI=1S/C19H17N5O4/c1-11-4-2-5-12(8-11)17-13(18(27)23-20)6-3-7-14(17)24(10-25)15-9-16(26)22-19(28)21-15/h2-10H,20H2,1H3,(H,23,27)(H2,21,22,26,28). The van der Waals surface area contributed by atoms with Gasteiger partial charge in [0.15, 0.2) is 0 Å². The van der Waals surface area contributed by atoms with Crippen molar-refractivity contribution in [3.05, 3.63) is 80.5 Å². The Morgan fingerprint density at radius 1 is 1.11 bits per heavy atom. The number of nitrogens with one attached hydrogen (secondary N) is 3. The smallest absolute Gasteiger partial charge is 0.293 e. The molecule has 0 spiro atoms. The summed E-state index contributed by atoms with van der Waals surface area (Å²) in [7, 11) is 0. The van der Waals surface area contributed by atoms with Crippen LogP contribution in [-0.4, -0.2) is 22.3 Å². The molecule has 1 aromatic heterocycles. The molecule has 0 unspecified atom stereocenters. The lowest BCUT2D eigenvalue weighted by molar-refractivity contribution is -0.106. The highest BCUT2D eigenvalue weighted by Crippen LogP contribution is 2.36. The van der Waals surface area contributed by atoms with Crippen molar-refractivity contribution in [3.8, 4) is 11.1 Å². The van der Waals surface area contributed by atoms with Gasteiger partial charge in [0.1, 0.15) is 5.82 Å². The second-order valence-corrected chi connectivity index (χ2v) is 5.99. The number of aryl methyl sites for hydroxylation is 1. The van der Waals surface area contributed by atoms with E-state index in [4.69, 9.17) is 5.84 Å². The quantitative estimate of drug-likeness (QED) is 0.226. The number of rotatable bonds is 5. The zero-order valence-electron chi connectivity index (χ0n) is 14.9. The monoisotopic (exact) mass is 379 g/mol. The number of H-pyrrole nitrogens is 2. The van der Waals surface area contributed by atoms with Crippen LogP contribution in [0.3, 0.4) is 0 Å². The summed E-state index contributed by atoms with van der Waals surface area (Å²) in [4.78, 5) is 53.1. The van der Waals surface area contributed by atoms with Crippen molar-refractivity contribution >= 4 is 23.8 Å². The average molecular weight is 379 g/mol. The van der Waals surface area contributed by atoms with E-state index in [0.29, 0.717) is 23.2 Å². The molecule has 3 aromatic rings. The Labute approximate surface area is 158 Å². The zero-order valence-corrected chi connectivity index (χ0v) is 14.9. The molecule has 2 amide bonds. The van der Waals surface area contributed by atoms with E-state index in [0.717, 1.165) is 16.5 Å². The largest absolute Gasteiger partial charge is 0.327 e. The molecule has 9 nitrogen and oxygen atoms in total. The third kappa shape index (κ3) is 3.60. The maximum atomic E-state index is 12.3. The molecule has 2 aromatic carbocycles. The predicted molar refractivity (Wildman–Crippen MR) is 104 cm³/mol. The van der Waals surface area contributed by atoms with Gasteiger partial charge in [0.05, 0.1) is 11.3 Å². The second kappa shape index (κ2) is 7.72. The number of nitrogens with zero attached hydrogens (tertiary/aromatic N) is 1. The normalized spacial score (nSPS) is 10.4. The number of nitrogen functional groups attached to an aromatic ring is 1. The van der Waals surface area contributed by atoms with E-state index < -0.39 is 17.2 Å². The summed E-state index contributed by atoms with van der Waals surface area (Å²) < 4.78 is 0. The fraction of sp³-hybridized carbons (Fsp3) is 0.0526. The van der Waals surface area contributed by atoms with Gasteiger partial charge in [0, 0.05) is 11.6 Å². The molecule has 9 heteroatoms. The first-order valence-corrected chi connectivity index (χ1v) is 8.23. The lowest BCUT2D eigenvalue weighted by Gasteiger charge is -2.22. The molecule has 5 N–H and O–H groups in total. The number of carbonyl (C=O) groups is 2. The van der Waals surface area contributed by atoms with Crippen LogP contribution < -0.4 is 27.4 Å². The van der Waals surface area contributed by atoms with E-state index in [-0.39, 0.29) is 11.4 Å². The molecule has 3 rings (SSSR count). The maximum absolute atomic E-state index is 12.3. The zero-order chi connectivity index (χ0) is 20.3. The summed E-state index contributed by atoms with van der Waals surface area (Å²) in [5.74, 6) is 4.72. The summed E-state index contributed by atoms with van der Waals surface area (Å²) in [6.45, 7) is 1.89. The van der Waals surface area contributed by atoms with Gasteiger partial charge in [0.25, 0.3) is 11.5 Å². The van der Waals surface area contributed by atoms with Crippen LogP contribution in [0.25, 0.3) is 11.1 Å². The Morgan fingerprint density at radius 2 is 1.86 bits per heavy atom. The van der Waals surface area contributed by atoms with Crippen LogP contribution in [0.2, 0.25) is 0 Å². The number of hydrazine groups is 1. The number of hydrogen-bond donors (Lipinski definition) is 4. The van der Waals surface area contributed by atoms with Crippen LogP contribution in [0.4, 0.5) is 11.5 Å². The number of aromatic nitrogens is 2. The number of carbonyl (C=O) groups excluding carboxylic acids is 2. The Bertz CT molecular complexity index is 1140. The molecule has 142 valence electrons. The first kappa shape index (κ1) is 18.8. The number of anilines is 2. The molecular formula is C19H17N5O4. The molecule has 0 aliphatic carbocycles. The third-order valence-electron chi connectivity index (χ3n) is 4.10. The fourth-order valence-electron chi connectivity index (χ4n) is 2.94. The predicted octanol–water partition coefficient (Wildman–Crippen LogP) is 0.937. The molecule has 0 saturated carbocycles. The molecule has 0 atom stereocenters. The van der Waals surface area contributed by atoms with E-state index in [1.165, 1.54) is 0 Å². The Hall–Kier alpha value is -3.98. The Balaban J connectivity index is 2.33. The van der Waals surface area contributed by atoms with Gasteiger partial charge in [-0.3, -0.25) is 34.7 Å². The number of nitrogens with two attached hydrogens (primary N) is 1. The average Bonchev–Trinajstić information content (AvgIpc) is 2.67. The summed E-state index contributed by atoms with van der Waals surface area (Å²) >= 11 is 0. The number of hydrogen-bond acceptors (Lipinski definition) is 5. The molecule has 0 bridgehead atoms. The van der Waals surface area contributed by atoms with E-state index in [2.05, 4.69) is 10.4 Å². The van der Waals surface area contributed by atoms with Crippen molar-refractivity contribution in [2.75, 3.05) is 4.90 Å². The molecular weight excluding hydrogens is 362 g/mol. The van der Waals surface area contributed by atoms with E-state index in [9.17, 15) is 19.2 Å². The van der Waals surface area contributed by atoms with Gasteiger partial charge in [-0.15, -0.1) is 0 Å². The van der Waals surface area contributed by atoms with Crippen molar-refractivity contribution in [1.82, 2.24) is 15.4 Å². The topological polar surface area (TPSA) is 141 Å². The van der Waals surface area contributed by atoms with E-state index >= 15 is 0 Å². The van der Waals surface area contributed by atoms with Gasteiger partial charge in [-0.1, -0.05) is 35.9 Å². The van der Waals surface area contributed by atoms with Gasteiger partial charge in [-0.05, 0) is 24.6 Å². The lowest BCUT2D eigenvalue weighted by atomic mass is 9.95. The first-order valence-electron chi connectivity index (χ1n) is 8.23. The molecule has 0 radical (unpaired) electrons. The molecule has 0 aliphatic heterocycles. The third-order valence-corrected chi connectivity index (χ3v) is 4.10. The van der Waals surface area contributed by atoms with Crippen molar-refractivity contribution < 1.29 is 9.59 Å². The van der Waals surface area contributed by atoms with Gasteiger partial charge in [-0.2, -0.15) is 0 Å². The Kier molecular flexibility index (Phi) is 5.18. The molecule has 0 saturated heterocycles. The lowest BCUT2D eigenvalue weighted by Crippen LogP contribution is -2.31. The molecule has 0 fully saturated rings. The first-order chi connectivity index (χ1) is 13.4. The van der Waals surface area contributed by atoms with Crippen molar-refractivity contribution in [3.63, 3.8) is 0 Å². The number of aromatic amines is 2. The molecule has 28 heavy (non-hydrogen) atoms.